The van der Waals surface area contributed by atoms with Gasteiger partial charge >= 0.3 is 0 Å². The molecular formula is C13H23N3O. The summed E-state index contributed by atoms with van der Waals surface area (Å²) in [4.78, 5) is 2.51. The highest BCUT2D eigenvalue weighted by Gasteiger charge is 2.19. The fraction of sp³-hybridized carbons (Fsp3) is 0.769. The van der Waals surface area contributed by atoms with Crippen LogP contribution >= 0.6 is 0 Å². The highest BCUT2D eigenvalue weighted by atomic mass is 16.5. The van der Waals surface area contributed by atoms with Gasteiger partial charge in [-0.2, -0.15) is 0 Å². The monoisotopic (exact) mass is 237 g/mol. The number of hydrogen-bond acceptors (Lipinski definition) is 4. The van der Waals surface area contributed by atoms with Gasteiger partial charge in [0.2, 0.25) is 0 Å². The predicted octanol–water partition coefficient (Wildman–Crippen LogP) is 1.87. The second-order valence-electron chi connectivity index (χ2n) is 4.95. The first-order chi connectivity index (χ1) is 8.20. The second kappa shape index (κ2) is 5.65. The molecule has 0 spiro atoms. The van der Waals surface area contributed by atoms with Crippen LogP contribution in [0, 0.1) is 13.8 Å². The highest BCUT2D eigenvalue weighted by molar-refractivity contribution is 5.20. The molecule has 96 valence electrons. The van der Waals surface area contributed by atoms with Crippen molar-refractivity contribution >= 4 is 0 Å². The third kappa shape index (κ3) is 3.07. The molecule has 1 saturated heterocycles. The van der Waals surface area contributed by atoms with E-state index in [2.05, 4.69) is 22.3 Å². The van der Waals surface area contributed by atoms with Crippen LogP contribution in [-0.4, -0.2) is 35.7 Å². The van der Waals surface area contributed by atoms with E-state index in [1.807, 2.05) is 13.8 Å². The predicted molar refractivity (Wildman–Crippen MR) is 68.0 cm³/mol. The molecule has 1 aromatic heterocycles. The molecule has 4 nitrogen and oxygen atoms in total. The number of rotatable bonds is 3. The Bertz CT molecular complexity index is 342. The lowest BCUT2D eigenvalue weighted by Crippen LogP contribution is -2.36. The lowest BCUT2D eigenvalue weighted by Gasteiger charge is -2.23. The van der Waals surface area contributed by atoms with Crippen LogP contribution in [0.1, 0.15) is 36.8 Å². The van der Waals surface area contributed by atoms with Gasteiger partial charge in [-0.1, -0.05) is 12.1 Å². The van der Waals surface area contributed by atoms with Crippen molar-refractivity contribution in [2.75, 3.05) is 19.6 Å². The van der Waals surface area contributed by atoms with Crippen LogP contribution in [0.3, 0.4) is 0 Å². The van der Waals surface area contributed by atoms with Crippen molar-refractivity contribution in [2.45, 2.75) is 46.2 Å². The Morgan fingerprint density at radius 2 is 2.29 bits per heavy atom. The van der Waals surface area contributed by atoms with Gasteiger partial charge in [0.25, 0.3) is 0 Å². The molecule has 1 unspecified atom stereocenters. The first-order valence-electron chi connectivity index (χ1n) is 6.58. The van der Waals surface area contributed by atoms with Gasteiger partial charge in [-0.3, -0.25) is 4.90 Å². The smallest absolute Gasteiger partial charge is 0.138 e. The molecule has 17 heavy (non-hydrogen) atoms. The number of nitrogens with zero attached hydrogens (tertiary/aromatic N) is 2. The van der Waals surface area contributed by atoms with E-state index in [9.17, 15) is 0 Å². The summed E-state index contributed by atoms with van der Waals surface area (Å²) >= 11 is 0. The zero-order chi connectivity index (χ0) is 12.3. The van der Waals surface area contributed by atoms with Gasteiger partial charge in [0, 0.05) is 24.7 Å². The van der Waals surface area contributed by atoms with E-state index >= 15 is 0 Å². The van der Waals surface area contributed by atoms with Crippen molar-refractivity contribution < 1.29 is 4.52 Å². The second-order valence-corrected chi connectivity index (χ2v) is 4.95. The van der Waals surface area contributed by atoms with E-state index < -0.39 is 0 Å². The minimum absolute atomic E-state index is 0.623. The molecule has 1 aromatic rings. The molecule has 2 rings (SSSR count). The summed E-state index contributed by atoms with van der Waals surface area (Å²) in [5, 5.41) is 7.62. The van der Waals surface area contributed by atoms with E-state index in [1.165, 1.54) is 18.4 Å². The Kier molecular flexibility index (Phi) is 4.18. The molecule has 1 atom stereocenters. The van der Waals surface area contributed by atoms with E-state index in [1.54, 1.807) is 0 Å². The van der Waals surface area contributed by atoms with Crippen LogP contribution in [0.4, 0.5) is 0 Å². The molecule has 0 radical (unpaired) electrons. The molecular weight excluding hydrogens is 214 g/mol. The quantitative estimate of drug-likeness (QED) is 0.871. The van der Waals surface area contributed by atoms with Gasteiger partial charge in [-0.05, 0) is 39.8 Å². The summed E-state index contributed by atoms with van der Waals surface area (Å²) in [7, 11) is 0. The molecule has 0 saturated carbocycles. The van der Waals surface area contributed by atoms with Gasteiger partial charge in [0.15, 0.2) is 0 Å². The van der Waals surface area contributed by atoms with Crippen molar-refractivity contribution in [1.82, 2.24) is 15.4 Å². The summed E-state index contributed by atoms with van der Waals surface area (Å²) in [6, 6.07) is 0.623. The highest BCUT2D eigenvalue weighted by Crippen LogP contribution is 2.16. The Morgan fingerprint density at radius 3 is 2.94 bits per heavy atom. The lowest BCUT2D eigenvalue weighted by molar-refractivity contribution is 0.255. The summed E-state index contributed by atoms with van der Waals surface area (Å²) in [6.45, 7) is 10.7. The Labute approximate surface area is 103 Å². The average Bonchev–Trinajstić information content (AvgIpc) is 2.57. The SMILES string of the molecule is CCC1CN(Cc2c(C)noc2C)CCCN1. The molecule has 1 fully saturated rings. The third-order valence-corrected chi connectivity index (χ3v) is 3.62. The molecule has 2 heterocycles. The number of hydrogen-bond donors (Lipinski definition) is 1. The maximum atomic E-state index is 5.23. The molecule has 1 aliphatic rings. The third-order valence-electron chi connectivity index (χ3n) is 3.62. The first kappa shape index (κ1) is 12.6. The van der Waals surface area contributed by atoms with E-state index in [0.717, 1.165) is 37.6 Å². The summed E-state index contributed by atoms with van der Waals surface area (Å²) in [5.74, 6) is 0.966. The minimum atomic E-state index is 0.623. The van der Waals surface area contributed by atoms with E-state index in [4.69, 9.17) is 4.52 Å². The minimum Gasteiger partial charge on any atom is -0.361 e. The van der Waals surface area contributed by atoms with Crippen LogP contribution in [0.25, 0.3) is 0 Å². The fourth-order valence-electron chi connectivity index (χ4n) is 2.44. The molecule has 4 heteroatoms. The molecule has 0 aromatic carbocycles. The van der Waals surface area contributed by atoms with Crippen LogP contribution in [0.5, 0.6) is 0 Å². The first-order valence-corrected chi connectivity index (χ1v) is 6.58. The number of aromatic nitrogens is 1. The average molecular weight is 237 g/mol. The zero-order valence-electron chi connectivity index (χ0n) is 11.1. The van der Waals surface area contributed by atoms with Crippen LogP contribution < -0.4 is 5.32 Å². The summed E-state index contributed by atoms with van der Waals surface area (Å²) in [5.41, 5.74) is 2.30. The van der Waals surface area contributed by atoms with Crippen molar-refractivity contribution in [3.63, 3.8) is 0 Å². The van der Waals surface area contributed by atoms with Gasteiger partial charge in [0.05, 0.1) is 5.69 Å². The fourth-order valence-corrected chi connectivity index (χ4v) is 2.44. The van der Waals surface area contributed by atoms with Gasteiger partial charge in [0.1, 0.15) is 5.76 Å². The maximum absolute atomic E-state index is 5.23. The molecule has 1 aliphatic heterocycles. The Balaban J connectivity index is 2.02. The summed E-state index contributed by atoms with van der Waals surface area (Å²) < 4.78 is 5.23. The zero-order valence-corrected chi connectivity index (χ0v) is 11.1. The van der Waals surface area contributed by atoms with Gasteiger partial charge in [-0.15, -0.1) is 0 Å². The maximum Gasteiger partial charge on any atom is 0.138 e. The van der Waals surface area contributed by atoms with E-state index in [0.29, 0.717) is 6.04 Å². The lowest BCUT2D eigenvalue weighted by atomic mass is 10.1. The molecule has 0 aliphatic carbocycles. The van der Waals surface area contributed by atoms with Crippen molar-refractivity contribution in [3.05, 3.63) is 17.0 Å². The van der Waals surface area contributed by atoms with Gasteiger partial charge in [-0.25, -0.2) is 0 Å². The van der Waals surface area contributed by atoms with E-state index in [-0.39, 0.29) is 0 Å². The van der Waals surface area contributed by atoms with Crippen LogP contribution in [-0.2, 0) is 6.54 Å². The number of nitrogens with one attached hydrogen (secondary N) is 1. The molecule has 0 amide bonds. The van der Waals surface area contributed by atoms with Gasteiger partial charge < -0.3 is 9.84 Å². The Morgan fingerprint density at radius 1 is 1.47 bits per heavy atom. The van der Waals surface area contributed by atoms with Crippen LogP contribution in [0.15, 0.2) is 4.52 Å². The summed E-state index contributed by atoms with van der Waals surface area (Å²) in [6.07, 6.45) is 2.41. The molecule has 0 bridgehead atoms. The number of aryl methyl sites for hydroxylation is 2. The Hall–Kier alpha value is -0.870. The topological polar surface area (TPSA) is 41.3 Å². The van der Waals surface area contributed by atoms with Crippen molar-refractivity contribution in [2.24, 2.45) is 0 Å². The standard InChI is InChI=1S/C13H23N3O/c1-4-12-8-16(7-5-6-14-12)9-13-10(2)15-17-11(13)3/h12,14H,4-9H2,1-3H3. The van der Waals surface area contributed by atoms with Crippen molar-refractivity contribution in [1.29, 1.82) is 0 Å². The molecule has 1 N–H and O–H groups in total. The van der Waals surface area contributed by atoms with Crippen LogP contribution in [0.2, 0.25) is 0 Å². The normalized spacial score (nSPS) is 22.6. The largest absolute Gasteiger partial charge is 0.361 e. The van der Waals surface area contributed by atoms with Crippen molar-refractivity contribution in [3.8, 4) is 0 Å².